The SMILES string of the molecule is NOCCc1c(F)c(O)cc2c1OCO2. The third-order valence-electron chi connectivity index (χ3n) is 2.14. The molecule has 0 fully saturated rings. The average molecular weight is 215 g/mol. The van der Waals surface area contributed by atoms with Gasteiger partial charge in [-0.15, -0.1) is 0 Å². The van der Waals surface area contributed by atoms with E-state index in [4.69, 9.17) is 15.4 Å². The van der Waals surface area contributed by atoms with Crippen LogP contribution in [0, 0.1) is 5.82 Å². The van der Waals surface area contributed by atoms with Gasteiger partial charge in [-0.2, -0.15) is 0 Å². The van der Waals surface area contributed by atoms with E-state index < -0.39 is 11.6 Å². The molecule has 1 aromatic carbocycles. The first-order valence-electron chi connectivity index (χ1n) is 4.35. The Labute approximate surface area is 85.1 Å². The zero-order chi connectivity index (χ0) is 10.8. The average Bonchev–Trinajstić information content (AvgIpc) is 2.66. The Morgan fingerprint density at radius 2 is 2.33 bits per heavy atom. The number of aromatic hydroxyl groups is 1. The van der Waals surface area contributed by atoms with E-state index in [0.717, 1.165) is 0 Å². The molecule has 0 spiro atoms. The van der Waals surface area contributed by atoms with Crippen molar-refractivity contribution in [2.75, 3.05) is 13.4 Å². The summed E-state index contributed by atoms with van der Waals surface area (Å²) in [5.41, 5.74) is 0.216. The summed E-state index contributed by atoms with van der Waals surface area (Å²) >= 11 is 0. The lowest BCUT2D eigenvalue weighted by atomic mass is 10.1. The fourth-order valence-corrected chi connectivity index (χ4v) is 1.46. The minimum atomic E-state index is -0.726. The minimum Gasteiger partial charge on any atom is -0.505 e. The van der Waals surface area contributed by atoms with Crippen molar-refractivity contribution in [1.29, 1.82) is 0 Å². The molecule has 0 radical (unpaired) electrons. The third-order valence-corrected chi connectivity index (χ3v) is 2.14. The Bertz CT molecular complexity index is 383. The molecule has 1 aliphatic heterocycles. The normalized spacial score (nSPS) is 13.2. The number of phenols is 1. The predicted octanol–water partition coefficient (Wildman–Crippen LogP) is 0.693. The summed E-state index contributed by atoms with van der Waals surface area (Å²) in [5, 5.41) is 9.28. The van der Waals surface area contributed by atoms with Crippen LogP contribution in [0.25, 0.3) is 0 Å². The maximum atomic E-state index is 13.5. The van der Waals surface area contributed by atoms with Crippen molar-refractivity contribution in [2.45, 2.75) is 6.42 Å². The number of phenolic OH excluding ortho intramolecular Hbond substituents is 1. The summed E-state index contributed by atoms with van der Waals surface area (Å²) in [7, 11) is 0. The highest BCUT2D eigenvalue weighted by molar-refractivity contribution is 5.53. The fourth-order valence-electron chi connectivity index (χ4n) is 1.46. The summed E-state index contributed by atoms with van der Waals surface area (Å²) in [5.74, 6) is 4.30. The van der Waals surface area contributed by atoms with Gasteiger partial charge < -0.3 is 19.4 Å². The van der Waals surface area contributed by atoms with E-state index in [1.807, 2.05) is 0 Å². The van der Waals surface area contributed by atoms with Gasteiger partial charge in [-0.3, -0.25) is 0 Å². The first-order valence-corrected chi connectivity index (χ1v) is 4.35. The van der Waals surface area contributed by atoms with Crippen LogP contribution < -0.4 is 15.4 Å². The van der Waals surface area contributed by atoms with Crippen LogP contribution in [0.3, 0.4) is 0 Å². The number of hydrogen-bond acceptors (Lipinski definition) is 5. The number of ether oxygens (including phenoxy) is 2. The standard InChI is InChI=1S/C9H10FNO4/c10-8-5(1-2-15-11)9-7(3-6(8)12)13-4-14-9/h3,12H,1-2,4,11H2. The van der Waals surface area contributed by atoms with Crippen LogP contribution in [0.5, 0.6) is 17.2 Å². The molecule has 0 saturated carbocycles. The van der Waals surface area contributed by atoms with Crippen LogP contribution in [-0.4, -0.2) is 18.5 Å². The number of nitrogens with two attached hydrogens (primary N) is 1. The van der Waals surface area contributed by atoms with Crippen LogP contribution in [0.1, 0.15) is 5.56 Å². The number of benzene rings is 1. The van der Waals surface area contributed by atoms with Crippen molar-refractivity contribution in [3.63, 3.8) is 0 Å². The van der Waals surface area contributed by atoms with E-state index >= 15 is 0 Å². The summed E-state index contributed by atoms with van der Waals surface area (Å²) in [6.07, 6.45) is 0.211. The highest BCUT2D eigenvalue weighted by Crippen LogP contribution is 2.41. The van der Waals surface area contributed by atoms with Gasteiger partial charge in [0.2, 0.25) is 6.79 Å². The van der Waals surface area contributed by atoms with E-state index in [1.165, 1.54) is 6.07 Å². The van der Waals surface area contributed by atoms with Crippen molar-refractivity contribution in [3.8, 4) is 17.2 Å². The zero-order valence-electron chi connectivity index (χ0n) is 7.83. The van der Waals surface area contributed by atoms with E-state index in [0.29, 0.717) is 11.5 Å². The van der Waals surface area contributed by atoms with Gasteiger partial charge in [0.1, 0.15) is 0 Å². The summed E-state index contributed by atoms with van der Waals surface area (Å²) in [6.45, 7) is 0.158. The molecule has 6 heteroatoms. The van der Waals surface area contributed by atoms with E-state index in [2.05, 4.69) is 4.84 Å². The van der Waals surface area contributed by atoms with E-state index in [1.54, 1.807) is 0 Å². The zero-order valence-corrected chi connectivity index (χ0v) is 7.83. The lowest BCUT2D eigenvalue weighted by Crippen LogP contribution is -2.06. The van der Waals surface area contributed by atoms with Crippen molar-refractivity contribution in [2.24, 2.45) is 5.90 Å². The largest absolute Gasteiger partial charge is 0.505 e. The van der Waals surface area contributed by atoms with Crippen LogP contribution in [0.4, 0.5) is 4.39 Å². The molecule has 15 heavy (non-hydrogen) atoms. The van der Waals surface area contributed by atoms with Gasteiger partial charge in [-0.1, -0.05) is 0 Å². The quantitative estimate of drug-likeness (QED) is 0.726. The molecule has 82 valence electrons. The van der Waals surface area contributed by atoms with Gasteiger partial charge in [-0.25, -0.2) is 10.3 Å². The third kappa shape index (κ3) is 1.69. The first kappa shape index (κ1) is 10.0. The topological polar surface area (TPSA) is 73.9 Å². The second-order valence-electron chi connectivity index (χ2n) is 3.04. The van der Waals surface area contributed by atoms with Gasteiger partial charge in [0, 0.05) is 18.1 Å². The molecule has 0 amide bonds. The van der Waals surface area contributed by atoms with Gasteiger partial charge in [0.25, 0.3) is 0 Å². The molecule has 5 nitrogen and oxygen atoms in total. The molecule has 1 aromatic rings. The minimum absolute atomic E-state index is 0.0225. The van der Waals surface area contributed by atoms with Crippen LogP contribution in [0.15, 0.2) is 6.07 Å². The predicted molar refractivity (Wildman–Crippen MR) is 48.0 cm³/mol. The molecule has 1 aliphatic rings. The van der Waals surface area contributed by atoms with Gasteiger partial charge in [-0.05, 0) is 0 Å². The summed E-state index contributed by atoms with van der Waals surface area (Å²) in [4.78, 5) is 4.36. The van der Waals surface area contributed by atoms with Crippen molar-refractivity contribution < 1.29 is 23.8 Å². The Hall–Kier alpha value is -1.53. The Morgan fingerprint density at radius 3 is 3.07 bits per heavy atom. The van der Waals surface area contributed by atoms with Crippen LogP contribution in [-0.2, 0) is 11.3 Å². The Balaban J connectivity index is 2.41. The van der Waals surface area contributed by atoms with E-state index in [-0.39, 0.29) is 25.4 Å². The highest BCUT2D eigenvalue weighted by Gasteiger charge is 2.24. The van der Waals surface area contributed by atoms with Crippen molar-refractivity contribution in [1.82, 2.24) is 0 Å². The molecule has 3 N–H and O–H groups in total. The fraction of sp³-hybridized carbons (Fsp3) is 0.333. The van der Waals surface area contributed by atoms with Crippen molar-refractivity contribution in [3.05, 3.63) is 17.4 Å². The Morgan fingerprint density at radius 1 is 1.53 bits per heavy atom. The number of halogens is 1. The van der Waals surface area contributed by atoms with Gasteiger partial charge in [0.05, 0.1) is 6.61 Å². The second-order valence-corrected chi connectivity index (χ2v) is 3.04. The summed E-state index contributed by atoms with van der Waals surface area (Å²) < 4.78 is 23.6. The molecule has 0 aliphatic carbocycles. The summed E-state index contributed by atoms with van der Waals surface area (Å²) in [6, 6.07) is 1.18. The molecular formula is C9H10FNO4. The lowest BCUT2D eigenvalue weighted by molar-refractivity contribution is 0.139. The van der Waals surface area contributed by atoms with Crippen LogP contribution >= 0.6 is 0 Å². The number of fused-ring (bicyclic) bond motifs is 1. The number of hydrogen-bond donors (Lipinski definition) is 2. The first-order chi connectivity index (χ1) is 7.24. The van der Waals surface area contributed by atoms with Gasteiger partial charge >= 0.3 is 0 Å². The molecule has 0 atom stereocenters. The monoisotopic (exact) mass is 215 g/mol. The lowest BCUT2D eigenvalue weighted by Gasteiger charge is -2.07. The van der Waals surface area contributed by atoms with Crippen molar-refractivity contribution >= 4 is 0 Å². The molecule has 1 heterocycles. The number of rotatable bonds is 3. The highest BCUT2D eigenvalue weighted by atomic mass is 19.1. The second kappa shape index (κ2) is 3.92. The van der Waals surface area contributed by atoms with E-state index in [9.17, 15) is 9.50 Å². The smallest absolute Gasteiger partial charge is 0.231 e. The molecule has 0 bridgehead atoms. The Kier molecular flexibility index (Phi) is 2.61. The molecule has 2 rings (SSSR count). The van der Waals surface area contributed by atoms with Gasteiger partial charge in [0.15, 0.2) is 23.1 Å². The van der Waals surface area contributed by atoms with Crippen LogP contribution in [0.2, 0.25) is 0 Å². The molecule has 0 aromatic heterocycles. The molecule has 0 saturated heterocycles. The molecule has 0 unspecified atom stereocenters. The molecular weight excluding hydrogens is 205 g/mol. The maximum absolute atomic E-state index is 13.5. The maximum Gasteiger partial charge on any atom is 0.231 e.